The van der Waals surface area contributed by atoms with Gasteiger partial charge < -0.3 is 10.6 Å². The maximum absolute atomic E-state index is 12.4. The van der Waals surface area contributed by atoms with Crippen molar-refractivity contribution in [2.75, 3.05) is 6.54 Å². The molecule has 4 saturated carbocycles. The second-order valence-corrected chi connectivity index (χ2v) is 9.46. The number of hydrogen-bond donors (Lipinski definition) is 2. The Morgan fingerprint density at radius 3 is 2.30 bits per heavy atom. The lowest BCUT2D eigenvalue weighted by molar-refractivity contribution is -0.125. The van der Waals surface area contributed by atoms with Crippen LogP contribution in [0.15, 0.2) is 24.3 Å². The monoisotopic (exact) mass is 388 g/mol. The molecule has 1 aromatic carbocycles. The number of nitrogens with one attached hydrogen (secondary N) is 2. The second kappa shape index (κ2) is 7.46. The average Bonchev–Trinajstić information content (AvgIpc) is 2.60. The fourth-order valence-corrected chi connectivity index (χ4v) is 6.43. The molecule has 0 heterocycles. The summed E-state index contributed by atoms with van der Waals surface area (Å²) in [5.74, 6) is 2.43. The zero-order valence-electron chi connectivity index (χ0n) is 16.0. The standard InChI is InChI=1S/C22H29ClN2O2/c1-14(22-11-15-8-16(12-22)10-17(9-15)13-22)25-20(26)6-7-24-21(27)18-4-2-3-5-19(18)23/h2-5,14-17H,6-13H2,1H3,(H,24,27)(H,25,26). The first kappa shape index (κ1) is 18.8. The molecule has 4 nitrogen and oxygen atoms in total. The molecule has 1 atom stereocenters. The number of rotatable bonds is 6. The first-order valence-electron chi connectivity index (χ1n) is 10.3. The van der Waals surface area contributed by atoms with Crippen molar-refractivity contribution in [3.8, 4) is 0 Å². The lowest BCUT2D eigenvalue weighted by atomic mass is 9.48. The summed E-state index contributed by atoms with van der Waals surface area (Å²) in [6.45, 7) is 2.51. The van der Waals surface area contributed by atoms with Crippen LogP contribution in [0.25, 0.3) is 0 Å². The molecule has 27 heavy (non-hydrogen) atoms. The molecule has 2 amide bonds. The molecule has 4 aliphatic carbocycles. The van der Waals surface area contributed by atoms with Gasteiger partial charge in [-0.1, -0.05) is 23.7 Å². The number of amides is 2. The van der Waals surface area contributed by atoms with Crippen LogP contribution < -0.4 is 10.6 Å². The number of hydrogen-bond acceptors (Lipinski definition) is 2. The summed E-state index contributed by atoms with van der Waals surface area (Å²) in [6, 6.07) is 7.17. The lowest BCUT2D eigenvalue weighted by Gasteiger charge is -2.59. The van der Waals surface area contributed by atoms with Crippen molar-refractivity contribution >= 4 is 23.4 Å². The first-order valence-corrected chi connectivity index (χ1v) is 10.6. The van der Waals surface area contributed by atoms with Gasteiger partial charge in [0.2, 0.25) is 5.91 Å². The molecular formula is C22H29ClN2O2. The Morgan fingerprint density at radius 2 is 1.70 bits per heavy atom. The van der Waals surface area contributed by atoms with Gasteiger partial charge in [0.05, 0.1) is 10.6 Å². The van der Waals surface area contributed by atoms with Crippen LogP contribution in [0.5, 0.6) is 0 Å². The van der Waals surface area contributed by atoms with Gasteiger partial charge in [-0.05, 0) is 80.8 Å². The van der Waals surface area contributed by atoms with Crippen LogP contribution in [-0.4, -0.2) is 24.4 Å². The van der Waals surface area contributed by atoms with Gasteiger partial charge in [-0.2, -0.15) is 0 Å². The fourth-order valence-electron chi connectivity index (χ4n) is 6.20. The van der Waals surface area contributed by atoms with Crippen LogP contribution in [-0.2, 0) is 4.79 Å². The smallest absolute Gasteiger partial charge is 0.252 e. The van der Waals surface area contributed by atoms with Crippen molar-refractivity contribution in [1.82, 2.24) is 10.6 Å². The molecule has 2 N–H and O–H groups in total. The fraction of sp³-hybridized carbons (Fsp3) is 0.636. The Morgan fingerprint density at radius 1 is 1.11 bits per heavy atom. The van der Waals surface area contributed by atoms with E-state index in [-0.39, 0.29) is 17.9 Å². The highest BCUT2D eigenvalue weighted by atomic mass is 35.5. The van der Waals surface area contributed by atoms with E-state index in [0.717, 1.165) is 17.8 Å². The minimum Gasteiger partial charge on any atom is -0.353 e. The Bertz CT molecular complexity index is 697. The van der Waals surface area contributed by atoms with Crippen molar-refractivity contribution in [1.29, 1.82) is 0 Å². The summed E-state index contributed by atoms with van der Waals surface area (Å²) < 4.78 is 0. The van der Waals surface area contributed by atoms with Gasteiger partial charge in [-0.3, -0.25) is 9.59 Å². The molecule has 4 fully saturated rings. The molecule has 0 aliphatic heterocycles. The van der Waals surface area contributed by atoms with Gasteiger partial charge in [-0.25, -0.2) is 0 Å². The van der Waals surface area contributed by atoms with Crippen molar-refractivity contribution in [2.24, 2.45) is 23.2 Å². The van der Waals surface area contributed by atoms with E-state index in [2.05, 4.69) is 17.6 Å². The van der Waals surface area contributed by atoms with Crippen LogP contribution in [0, 0.1) is 23.2 Å². The van der Waals surface area contributed by atoms with Crippen LogP contribution in [0.4, 0.5) is 0 Å². The number of carbonyl (C=O) groups is 2. The topological polar surface area (TPSA) is 58.2 Å². The third-order valence-corrected chi connectivity index (χ3v) is 7.47. The predicted molar refractivity (Wildman–Crippen MR) is 107 cm³/mol. The highest BCUT2D eigenvalue weighted by Gasteiger charge is 2.53. The molecule has 146 valence electrons. The molecule has 4 bridgehead atoms. The van der Waals surface area contributed by atoms with E-state index in [1.807, 2.05) is 0 Å². The third-order valence-electron chi connectivity index (χ3n) is 7.14. The minimum atomic E-state index is -0.234. The summed E-state index contributed by atoms with van der Waals surface area (Å²) in [4.78, 5) is 24.6. The Labute approximate surface area is 166 Å². The highest BCUT2D eigenvalue weighted by molar-refractivity contribution is 6.33. The van der Waals surface area contributed by atoms with E-state index in [1.54, 1.807) is 24.3 Å². The molecule has 1 aromatic rings. The summed E-state index contributed by atoms with van der Waals surface area (Å²) in [6.07, 6.45) is 8.37. The SMILES string of the molecule is CC(NC(=O)CCNC(=O)c1ccccc1Cl)C12CC3CC(CC(C3)C1)C2. The first-order chi connectivity index (χ1) is 12.9. The Kier molecular flexibility index (Phi) is 5.19. The Balaban J connectivity index is 1.26. The molecule has 0 spiro atoms. The van der Waals surface area contributed by atoms with E-state index in [9.17, 15) is 9.59 Å². The second-order valence-electron chi connectivity index (χ2n) is 9.05. The normalized spacial score (nSPS) is 32.1. The molecule has 5 heteroatoms. The Hall–Kier alpha value is -1.55. The largest absolute Gasteiger partial charge is 0.353 e. The van der Waals surface area contributed by atoms with Crippen LogP contribution in [0.3, 0.4) is 0 Å². The van der Waals surface area contributed by atoms with Gasteiger partial charge in [0, 0.05) is 19.0 Å². The van der Waals surface area contributed by atoms with Crippen LogP contribution >= 0.6 is 11.6 Å². The molecule has 0 saturated heterocycles. The summed E-state index contributed by atoms with van der Waals surface area (Å²) in [5.41, 5.74) is 0.757. The van der Waals surface area contributed by atoms with Crippen molar-refractivity contribution in [3.05, 3.63) is 34.9 Å². The van der Waals surface area contributed by atoms with Crippen LogP contribution in [0.2, 0.25) is 5.02 Å². The van der Waals surface area contributed by atoms with Crippen molar-refractivity contribution < 1.29 is 9.59 Å². The number of carbonyl (C=O) groups excluding carboxylic acids is 2. The lowest BCUT2D eigenvalue weighted by Crippen LogP contribution is -2.56. The van der Waals surface area contributed by atoms with E-state index < -0.39 is 0 Å². The van der Waals surface area contributed by atoms with Gasteiger partial charge in [0.1, 0.15) is 0 Å². The van der Waals surface area contributed by atoms with Gasteiger partial charge in [0.25, 0.3) is 5.91 Å². The molecule has 5 rings (SSSR count). The van der Waals surface area contributed by atoms with E-state index >= 15 is 0 Å². The molecule has 1 unspecified atom stereocenters. The number of halogens is 1. The van der Waals surface area contributed by atoms with Crippen molar-refractivity contribution in [3.63, 3.8) is 0 Å². The van der Waals surface area contributed by atoms with Gasteiger partial charge in [0.15, 0.2) is 0 Å². The zero-order valence-corrected chi connectivity index (χ0v) is 16.7. The highest BCUT2D eigenvalue weighted by Crippen LogP contribution is 2.61. The predicted octanol–water partition coefficient (Wildman–Crippen LogP) is 4.18. The zero-order chi connectivity index (χ0) is 19.0. The minimum absolute atomic E-state index is 0.0257. The third kappa shape index (κ3) is 3.87. The average molecular weight is 389 g/mol. The molecule has 4 aliphatic rings. The molecular weight excluding hydrogens is 360 g/mol. The van der Waals surface area contributed by atoms with E-state index in [4.69, 9.17) is 11.6 Å². The van der Waals surface area contributed by atoms with Gasteiger partial charge >= 0.3 is 0 Å². The van der Waals surface area contributed by atoms with E-state index in [0.29, 0.717) is 29.0 Å². The quantitative estimate of drug-likeness (QED) is 0.767. The van der Waals surface area contributed by atoms with E-state index in [1.165, 1.54) is 38.5 Å². The maximum atomic E-state index is 12.4. The van der Waals surface area contributed by atoms with Gasteiger partial charge in [-0.15, -0.1) is 0 Å². The summed E-state index contributed by atoms with van der Waals surface area (Å²) >= 11 is 6.04. The number of benzene rings is 1. The van der Waals surface area contributed by atoms with Crippen LogP contribution in [0.1, 0.15) is 62.2 Å². The summed E-state index contributed by atoms with van der Waals surface area (Å²) in [5, 5.41) is 6.47. The van der Waals surface area contributed by atoms with Crippen molar-refractivity contribution in [2.45, 2.75) is 57.9 Å². The molecule has 0 radical (unpaired) electrons. The maximum Gasteiger partial charge on any atom is 0.252 e. The summed E-state index contributed by atoms with van der Waals surface area (Å²) in [7, 11) is 0. The molecule has 0 aromatic heterocycles.